The van der Waals surface area contributed by atoms with Crippen LogP contribution in [0.15, 0.2) is 42.5 Å². The van der Waals surface area contributed by atoms with Gasteiger partial charge in [0.2, 0.25) is 0 Å². The number of nitrogens with one attached hydrogen (secondary N) is 1. The topological polar surface area (TPSA) is 75.6 Å². The van der Waals surface area contributed by atoms with Gasteiger partial charge in [-0.25, -0.2) is 4.79 Å². The minimum Gasteiger partial charge on any atom is -0.460 e. The van der Waals surface area contributed by atoms with Crippen molar-refractivity contribution < 1.29 is 19.4 Å². The summed E-state index contributed by atoms with van der Waals surface area (Å²) in [4.78, 5) is 24.5. The Labute approximate surface area is 172 Å². The Hall–Kier alpha value is -2.66. The molecule has 0 heterocycles. The molecule has 3 rings (SSSR count). The number of hydrogen-bond acceptors (Lipinski definition) is 4. The van der Waals surface area contributed by atoms with Gasteiger partial charge in [-0.05, 0) is 71.2 Å². The Bertz CT molecular complexity index is 913. The number of ether oxygens (including phenoxy) is 1. The van der Waals surface area contributed by atoms with Gasteiger partial charge in [0.25, 0.3) is 5.91 Å². The van der Waals surface area contributed by atoms with Gasteiger partial charge in [0, 0.05) is 11.3 Å². The van der Waals surface area contributed by atoms with Gasteiger partial charge in [-0.3, -0.25) is 4.79 Å². The van der Waals surface area contributed by atoms with Gasteiger partial charge in [-0.2, -0.15) is 0 Å². The van der Waals surface area contributed by atoms with Crippen molar-refractivity contribution in [1.82, 2.24) is 0 Å². The first-order valence-electron chi connectivity index (χ1n) is 9.98. The lowest BCUT2D eigenvalue weighted by atomic mass is 9.63. The molecule has 0 saturated heterocycles. The van der Waals surface area contributed by atoms with E-state index in [1.807, 2.05) is 6.07 Å². The average molecular weight is 395 g/mol. The molecule has 2 N–H and O–H groups in total. The van der Waals surface area contributed by atoms with E-state index in [1.165, 1.54) is 11.1 Å². The number of benzene rings is 2. The normalized spacial score (nSPS) is 16.6. The third-order valence-electron chi connectivity index (χ3n) is 5.82. The number of hydrogen-bond donors (Lipinski definition) is 2. The van der Waals surface area contributed by atoms with Gasteiger partial charge in [0.05, 0.1) is 12.2 Å². The van der Waals surface area contributed by atoms with Gasteiger partial charge in [0.15, 0.2) is 0 Å². The summed E-state index contributed by atoms with van der Waals surface area (Å²) in [7, 11) is 0. The molecule has 0 aliphatic heterocycles. The second kappa shape index (κ2) is 7.99. The molecule has 5 nitrogen and oxygen atoms in total. The quantitative estimate of drug-likeness (QED) is 0.734. The zero-order valence-electron chi connectivity index (χ0n) is 17.5. The van der Waals surface area contributed by atoms with Gasteiger partial charge in [0.1, 0.15) is 6.61 Å². The van der Waals surface area contributed by atoms with Crippen LogP contribution in [0.4, 0.5) is 5.69 Å². The molecule has 0 radical (unpaired) electrons. The van der Waals surface area contributed by atoms with E-state index in [9.17, 15) is 9.59 Å². The molecule has 1 aliphatic carbocycles. The molecular formula is C24H29NO4. The van der Waals surface area contributed by atoms with Gasteiger partial charge >= 0.3 is 5.97 Å². The summed E-state index contributed by atoms with van der Waals surface area (Å²) in [6, 6.07) is 12.5. The Balaban J connectivity index is 1.77. The lowest BCUT2D eigenvalue weighted by Crippen LogP contribution is -2.33. The number of aliphatic hydroxyl groups excluding tert-OH is 1. The van der Waals surface area contributed by atoms with Crippen molar-refractivity contribution in [3.63, 3.8) is 0 Å². The van der Waals surface area contributed by atoms with E-state index in [0.717, 1.165) is 18.5 Å². The lowest BCUT2D eigenvalue weighted by molar-refractivity contribution is 0.0433. The summed E-state index contributed by atoms with van der Waals surface area (Å²) in [5.41, 5.74) is 4.40. The van der Waals surface area contributed by atoms with Crippen LogP contribution in [0.5, 0.6) is 0 Å². The van der Waals surface area contributed by atoms with Crippen LogP contribution in [-0.2, 0) is 15.6 Å². The van der Waals surface area contributed by atoms with Crippen molar-refractivity contribution in [2.75, 3.05) is 18.5 Å². The summed E-state index contributed by atoms with van der Waals surface area (Å²) in [5, 5.41) is 11.7. The highest BCUT2D eigenvalue weighted by Gasteiger charge is 2.37. The van der Waals surface area contributed by atoms with E-state index in [0.29, 0.717) is 11.1 Å². The molecular weight excluding hydrogens is 366 g/mol. The van der Waals surface area contributed by atoms with E-state index in [4.69, 9.17) is 9.84 Å². The fourth-order valence-corrected chi connectivity index (χ4v) is 3.85. The highest BCUT2D eigenvalue weighted by Crippen LogP contribution is 2.46. The third kappa shape index (κ3) is 4.51. The number of anilines is 1. The average Bonchev–Trinajstić information content (AvgIpc) is 2.70. The Morgan fingerprint density at radius 2 is 1.52 bits per heavy atom. The number of carbonyl (C=O) groups is 2. The zero-order valence-corrected chi connectivity index (χ0v) is 17.5. The molecule has 0 fully saturated rings. The molecule has 154 valence electrons. The number of carbonyl (C=O) groups excluding carboxylic acids is 2. The summed E-state index contributed by atoms with van der Waals surface area (Å²) in [5.74, 6) is -0.751. The molecule has 0 unspecified atom stereocenters. The van der Waals surface area contributed by atoms with Gasteiger partial charge in [-0.15, -0.1) is 0 Å². The maximum atomic E-state index is 12.7. The number of aliphatic hydroxyl groups is 1. The van der Waals surface area contributed by atoms with E-state index in [2.05, 4.69) is 45.1 Å². The highest BCUT2D eigenvalue weighted by molar-refractivity contribution is 6.04. The molecule has 1 aliphatic rings. The first kappa shape index (κ1) is 21.1. The smallest absolute Gasteiger partial charge is 0.338 e. The molecule has 0 spiro atoms. The monoisotopic (exact) mass is 395 g/mol. The molecule has 0 bridgehead atoms. The van der Waals surface area contributed by atoms with Gasteiger partial charge < -0.3 is 15.2 Å². The molecule has 0 atom stereocenters. The van der Waals surface area contributed by atoms with Gasteiger partial charge in [-0.1, -0.05) is 33.8 Å². The SMILES string of the molecule is CC1(C)CCC(C)(C)c2cc(NC(=O)c3ccc(C(=O)OCCO)cc3)ccc21. The molecule has 29 heavy (non-hydrogen) atoms. The fourth-order valence-electron chi connectivity index (χ4n) is 3.85. The maximum Gasteiger partial charge on any atom is 0.338 e. The number of fused-ring (bicyclic) bond motifs is 1. The molecule has 0 aromatic heterocycles. The van der Waals surface area contributed by atoms with Crippen LogP contribution < -0.4 is 5.32 Å². The van der Waals surface area contributed by atoms with Crippen LogP contribution >= 0.6 is 0 Å². The number of esters is 1. The van der Waals surface area contributed by atoms with Crippen LogP contribution in [0.2, 0.25) is 0 Å². The summed E-state index contributed by atoms with van der Waals surface area (Å²) in [6.07, 6.45) is 2.25. The molecule has 2 aromatic rings. The number of amides is 1. The molecule has 1 amide bonds. The Kier molecular flexibility index (Phi) is 5.80. The van der Waals surface area contributed by atoms with Crippen LogP contribution in [0.3, 0.4) is 0 Å². The van der Waals surface area contributed by atoms with Crippen molar-refractivity contribution >= 4 is 17.6 Å². The molecule has 5 heteroatoms. The van der Waals surface area contributed by atoms with Crippen molar-refractivity contribution in [3.8, 4) is 0 Å². The van der Waals surface area contributed by atoms with Crippen LogP contribution in [0.25, 0.3) is 0 Å². The summed E-state index contributed by atoms with van der Waals surface area (Å²) < 4.78 is 4.87. The summed E-state index contributed by atoms with van der Waals surface area (Å²) >= 11 is 0. The minimum atomic E-state index is -0.523. The first-order valence-corrected chi connectivity index (χ1v) is 9.98. The van der Waals surface area contributed by atoms with Crippen molar-refractivity contribution in [3.05, 3.63) is 64.7 Å². The lowest BCUT2D eigenvalue weighted by Gasteiger charge is -2.42. The Morgan fingerprint density at radius 1 is 0.931 bits per heavy atom. The van der Waals surface area contributed by atoms with E-state index >= 15 is 0 Å². The maximum absolute atomic E-state index is 12.7. The second-order valence-corrected chi connectivity index (χ2v) is 8.92. The Morgan fingerprint density at radius 3 is 2.14 bits per heavy atom. The van der Waals surface area contributed by atoms with E-state index in [1.54, 1.807) is 24.3 Å². The third-order valence-corrected chi connectivity index (χ3v) is 5.82. The second-order valence-electron chi connectivity index (χ2n) is 8.92. The molecule has 2 aromatic carbocycles. The predicted molar refractivity (Wildman–Crippen MR) is 113 cm³/mol. The van der Waals surface area contributed by atoms with Crippen LogP contribution in [0.1, 0.15) is 72.4 Å². The highest BCUT2D eigenvalue weighted by atomic mass is 16.5. The standard InChI is InChI=1S/C24H29NO4/c1-23(2)11-12-24(3,4)20-15-18(9-10-19(20)23)25-21(27)16-5-7-17(8-6-16)22(28)29-14-13-26/h5-10,15,26H,11-14H2,1-4H3,(H,25,27). The van der Waals surface area contributed by atoms with Crippen LogP contribution in [-0.4, -0.2) is 30.2 Å². The zero-order chi connectivity index (χ0) is 21.2. The number of rotatable bonds is 5. The first-order chi connectivity index (χ1) is 13.6. The largest absolute Gasteiger partial charge is 0.460 e. The van der Waals surface area contributed by atoms with Crippen LogP contribution in [0, 0.1) is 0 Å². The fraction of sp³-hybridized carbons (Fsp3) is 0.417. The van der Waals surface area contributed by atoms with E-state index in [-0.39, 0.29) is 30.0 Å². The van der Waals surface area contributed by atoms with Crippen molar-refractivity contribution in [1.29, 1.82) is 0 Å². The van der Waals surface area contributed by atoms with Crippen molar-refractivity contribution in [2.24, 2.45) is 0 Å². The van der Waals surface area contributed by atoms with E-state index < -0.39 is 5.97 Å². The molecule has 0 saturated carbocycles. The van der Waals surface area contributed by atoms with Crippen molar-refractivity contribution in [2.45, 2.75) is 51.4 Å². The summed E-state index contributed by atoms with van der Waals surface area (Å²) in [6.45, 7) is 8.77. The predicted octanol–water partition coefficient (Wildman–Crippen LogP) is 4.44. The minimum absolute atomic E-state index is 0.0491.